The predicted octanol–water partition coefficient (Wildman–Crippen LogP) is 5.55. The third kappa shape index (κ3) is 11.6. The summed E-state index contributed by atoms with van der Waals surface area (Å²) in [7, 11) is 5.40. The second kappa shape index (κ2) is 20.7. The molecular formula is C48H73ClN4O9. The van der Waals surface area contributed by atoms with Crippen molar-refractivity contribution >= 4 is 28.4 Å². The molecule has 346 valence electrons. The van der Waals surface area contributed by atoms with E-state index < -0.39 is 66.1 Å². The summed E-state index contributed by atoms with van der Waals surface area (Å²) in [6, 6.07) is 15.6. The Labute approximate surface area is 373 Å². The summed E-state index contributed by atoms with van der Waals surface area (Å²) in [4.78, 5) is 22.7. The van der Waals surface area contributed by atoms with Crippen LogP contribution in [0.2, 0.25) is 5.02 Å². The summed E-state index contributed by atoms with van der Waals surface area (Å²) < 4.78 is 32.3. The fourth-order valence-corrected chi connectivity index (χ4v) is 10.4. The molecule has 0 saturated carbocycles. The van der Waals surface area contributed by atoms with Crippen LogP contribution in [0.15, 0.2) is 54.7 Å². The second-order valence-electron chi connectivity index (χ2n) is 19.4. The molecule has 4 heterocycles. The standard InChI is InChI=1S/C48H73ClN4O9/c1-28-23-47(6,57)44(62-46-41(54)39(52(8)9)21-29(2)59-46)30(3)42(61-40-24-48(7,58-10)43(55)32(5)60-40)31(4)45(56)51-36(22-34-25-50-38-14-12-11-13-37(34)38)27-53(26-28)20-19-33-15-17-35(49)18-16-33/h11-18,25,28-32,36,39-44,46,50,54-55,57H,19-24,26-27H2,1-10H3,(H,51,56)/t28-,29?,30+,31-,32+,36?,39?,40+,41-,42?,43+,44-,46?,47-,48?/m1/s1. The van der Waals surface area contributed by atoms with E-state index in [-0.39, 0.29) is 36.4 Å². The highest BCUT2D eigenvalue weighted by Crippen LogP contribution is 2.39. The van der Waals surface area contributed by atoms with Crippen molar-refractivity contribution in [2.75, 3.05) is 40.8 Å². The summed E-state index contributed by atoms with van der Waals surface area (Å²) in [5, 5.41) is 40.9. The van der Waals surface area contributed by atoms with Crippen LogP contribution in [0.1, 0.15) is 78.9 Å². The number of methoxy groups -OCH3 is 1. The molecule has 3 saturated heterocycles. The Morgan fingerprint density at radius 2 is 1.68 bits per heavy atom. The van der Waals surface area contributed by atoms with Gasteiger partial charge in [-0.05, 0) is 103 Å². The molecule has 6 rings (SSSR count). The maximum atomic E-state index is 15.0. The molecular weight excluding hydrogens is 812 g/mol. The van der Waals surface area contributed by atoms with Crippen LogP contribution in [0.5, 0.6) is 0 Å². The van der Waals surface area contributed by atoms with Crippen molar-refractivity contribution in [2.24, 2.45) is 17.8 Å². The van der Waals surface area contributed by atoms with Crippen LogP contribution >= 0.6 is 11.6 Å². The van der Waals surface area contributed by atoms with Gasteiger partial charge in [0.15, 0.2) is 12.6 Å². The number of likely N-dealkylation sites (N-methyl/N-ethyl adjacent to an activating group) is 1. The Kier molecular flexibility index (Phi) is 16.3. The summed E-state index contributed by atoms with van der Waals surface area (Å²) >= 11 is 6.25. The number of nitrogens with zero attached hydrogens (tertiary/aromatic N) is 2. The summed E-state index contributed by atoms with van der Waals surface area (Å²) in [6.45, 7) is 15.1. The van der Waals surface area contributed by atoms with Crippen molar-refractivity contribution in [2.45, 2.75) is 153 Å². The van der Waals surface area contributed by atoms with Gasteiger partial charge in [-0.25, -0.2) is 0 Å². The number of rotatable bonds is 11. The lowest BCUT2D eigenvalue weighted by atomic mass is 9.77. The minimum absolute atomic E-state index is 0.0347. The normalized spacial score (nSPS) is 38.3. The lowest BCUT2D eigenvalue weighted by Crippen LogP contribution is -2.60. The molecule has 5 N–H and O–H groups in total. The Bertz CT molecular complexity index is 1900. The Balaban J connectivity index is 1.40. The van der Waals surface area contributed by atoms with Crippen LogP contribution in [-0.2, 0) is 41.3 Å². The summed E-state index contributed by atoms with van der Waals surface area (Å²) in [5.41, 5.74) is 0.825. The zero-order valence-corrected chi connectivity index (χ0v) is 39.2. The number of hydrogen-bond donors (Lipinski definition) is 5. The molecule has 2 aromatic carbocycles. The number of aromatic amines is 1. The van der Waals surface area contributed by atoms with Gasteiger partial charge in [-0.15, -0.1) is 0 Å². The van der Waals surface area contributed by atoms with Crippen LogP contribution < -0.4 is 5.32 Å². The Morgan fingerprint density at radius 1 is 0.968 bits per heavy atom. The molecule has 3 aliphatic rings. The first-order valence-corrected chi connectivity index (χ1v) is 22.9. The third-order valence-electron chi connectivity index (χ3n) is 13.8. The number of carbonyl (C=O) groups is 1. The van der Waals surface area contributed by atoms with Crippen molar-refractivity contribution in [1.29, 1.82) is 0 Å². The zero-order valence-electron chi connectivity index (χ0n) is 38.4. The van der Waals surface area contributed by atoms with Crippen LogP contribution in [0.3, 0.4) is 0 Å². The molecule has 3 aliphatic heterocycles. The first-order valence-electron chi connectivity index (χ1n) is 22.5. The number of hydrogen-bond acceptors (Lipinski definition) is 11. The molecule has 14 heteroatoms. The van der Waals surface area contributed by atoms with E-state index in [0.29, 0.717) is 43.9 Å². The number of halogens is 1. The number of carbonyl (C=O) groups excluding carboxylic acids is 1. The fourth-order valence-electron chi connectivity index (χ4n) is 10.3. The van der Waals surface area contributed by atoms with Gasteiger partial charge in [0, 0.05) is 73.3 Å². The number of benzene rings is 2. The molecule has 0 spiro atoms. The largest absolute Gasteiger partial charge is 0.387 e. The van der Waals surface area contributed by atoms with Gasteiger partial charge in [-0.1, -0.05) is 62.7 Å². The number of aromatic nitrogens is 1. The number of para-hydroxylation sites is 1. The highest BCUT2D eigenvalue weighted by Gasteiger charge is 2.51. The van der Waals surface area contributed by atoms with Crippen molar-refractivity contribution < 1.29 is 43.8 Å². The molecule has 0 radical (unpaired) electrons. The van der Waals surface area contributed by atoms with E-state index in [1.807, 2.05) is 89.3 Å². The van der Waals surface area contributed by atoms with Crippen molar-refractivity contribution in [1.82, 2.24) is 20.1 Å². The van der Waals surface area contributed by atoms with Crippen LogP contribution in [-0.4, -0.2) is 149 Å². The maximum Gasteiger partial charge on any atom is 0.225 e. The van der Waals surface area contributed by atoms with Crippen molar-refractivity contribution in [3.63, 3.8) is 0 Å². The van der Waals surface area contributed by atoms with Crippen molar-refractivity contribution in [3.8, 4) is 0 Å². The quantitative estimate of drug-likeness (QED) is 0.165. The zero-order chi connectivity index (χ0) is 45.1. The van der Waals surface area contributed by atoms with Gasteiger partial charge in [-0.2, -0.15) is 0 Å². The second-order valence-corrected chi connectivity index (χ2v) is 19.8. The lowest BCUT2D eigenvalue weighted by Gasteiger charge is -2.48. The summed E-state index contributed by atoms with van der Waals surface area (Å²) in [5.74, 6) is -1.67. The van der Waals surface area contributed by atoms with E-state index in [1.165, 1.54) is 0 Å². The minimum atomic E-state index is -1.48. The van der Waals surface area contributed by atoms with Gasteiger partial charge in [0.2, 0.25) is 5.91 Å². The minimum Gasteiger partial charge on any atom is -0.387 e. The average Bonchev–Trinajstić information content (AvgIpc) is 3.62. The number of amides is 1. The molecule has 6 unspecified atom stereocenters. The highest BCUT2D eigenvalue weighted by atomic mass is 35.5. The van der Waals surface area contributed by atoms with Gasteiger partial charge in [0.05, 0.1) is 41.5 Å². The van der Waals surface area contributed by atoms with Gasteiger partial charge in [0.1, 0.15) is 12.2 Å². The molecule has 0 bridgehead atoms. The number of aliphatic hydroxyl groups is 3. The Hall–Kier alpha value is -2.66. The summed E-state index contributed by atoms with van der Waals surface area (Å²) in [6.07, 6.45) is -2.00. The fraction of sp³-hybridized carbons (Fsp3) is 0.688. The first-order chi connectivity index (χ1) is 29.3. The maximum absolute atomic E-state index is 15.0. The monoisotopic (exact) mass is 885 g/mol. The molecule has 13 nitrogen and oxygen atoms in total. The number of aliphatic hydroxyl groups excluding tert-OH is 2. The molecule has 3 aromatic rings. The number of nitrogens with one attached hydrogen (secondary N) is 2. The molecule has 15 atom stereocenters. The van der Waals surface area contributed by atoms with Gasteiger partial charge in [-0.3, -0.25) is 4.79 Å². The van der Waals surface area contributed by atoms with Crippen LogP contribution in [0.25, 0.3) is 10.9 Å². The number of ether oxygens (including phenoxy) is 5. The number of fused-ring (bicyclic) bond motifs is 1. The highest BCUT2D eigenvalue weighted by molar-refractivity contribution is 6.30. The van der Waals surface area contributed by atoms with Crippen LogP contribution in [0.4, 0.5) is 0 Å². The Morgan fingerprint density at radius 3 is 2.37 bits per heavy atom. The van der Waals surface area contributed by atoms with Gasteiger partial charge < -0.3 is 59.1 Å². The average molecular weight is 886 g/mol. The molecule has 0 aliphatic carbocycles. The molecule has 62 heavy (non-hydrogen) atoms. The topological polar surface area (TPSA) is 158 Å². The van der Waals surface area contributed by atoms with Gasteiger partial charge >= 0.3 is 0 Å². The van der Waals surface area contributed by atoms with Crippen molar-refractivity contribution in [3.05, 3.63) is 70.9 Å². The van der Waals surface area contributed by atoms with E-state index in [9.17, 15) is 20.1 Å². The van der Waals surface area contributed by atoms with E-state index in [4.69, 9.17) is 35.3 Å². The smallest absolute Gasteiger partial charge is 0.225 e. The molecule has 1 amide bonds. The van der Waals surface area contributed by atoms with E-state index in [0.717, 1.165) is 28.5 Å². The number of H-pyrrole nitrogens is 1. The van der Waals surface area contributed by atoms with Crippen LogP contribution in [0, 0.1) is 17.8 Å². The molecule has 1 aromatic heterocycles. The molecule has 3 fully saturated rings. The van der Waals surface area contributed by atoms with E-state index in [2.05, 4.69) is 34.3 Å². The van der Waals surface area contributed by atoms with E-state index >= 15 is 0 Å². The lowest BCUT2D eigenvalue weighted by molar-refractivity contribution is -0.317. The predicted molar refractivity (Wildman–Crippen MR) is 241 cm³/mol. The van der Waals surface area contributed by atoms with E-state index in [1.54, 1.807) is 21.0 Å². The first kappa shape index (κ1) is 48.8. The third-order valence-corrected chi connectivity index (χ3v) is 14.0. The SMILES string of the molecule is COC1(C)C[C@H](OC2[C@@H](C)C(=O)NC(Cc3c[nH]c4ccccc34)CN(CCc3ccc(Cl)cc3)C[C@H](C)C[C@@](C)(O)[C@H](OC3OC(C)CC(N(C)C)[C@H]3O)[C@H]2C)O[C@@H](C)[C@@H]1O. The van der Waals surface area contributed by atoms with Gasteiger partial charge in [0.25, 0.3) is 0 Å².